The van der Waals surface area contributed by atoms with Gasteiger partial charge in [0.25, 0.3) is 0 Å². The van der Waals surface area contributed by atoms with E-state index in [1.54, 1.807) is 0 Å². The van der Waals surface area contributed by atoms with Gasteiger partial charge in [0, 0.05) is 0 Å². The first kappa shape index (κ1) is 29.2. The maximum Gasteiger partial charge on any atom is 0.0576 e. The van der Waals surface area contributed by atoms with Gasteiger partial charge in [0.2, 0.25) is 0 Å². The molecule has 33 heavy (non-hydrogen) atoms. The van der Waals surface area contributed by atoms with Gasteiger partial charge in [0.15, 0.2) is 0 Å². The molecule has 0 saturated heterocycles. The predicted molar refractivity (Wildman–Crippen MR) is 143 cm³/mol. The number of hydrogen-bond acceptors (Lipinski definition) is 2. The molecule has 2 nitrogen and oxygen atoms in total. The Balaban J connectivity index is 1.84. The lowest BCUT2D eigenvalue weighted by molar-refractivity contribution is -0.0288. The molecule has 2 aliphatic carbocycles. The number of aliphatic hydroxyl groups excluding tert-OH is 2. The van der Waals surface area contributed by atoms with E-state index in [1.165, 1.54) is 64.2 Å². The van der Waals surface area contributed by atoms with Gasteiger partial charge in [0.1, 0.15) is 0 Å². The SMILES string of the molecule is CC(CCC(C)(C)C1CCC(CCC(C)(C)C)CC1O)C1CC(CCC(C)(C)C)CCC1O. The van der Waals surface area contributed by atoms with Crippen molar-refractivity contribution < 1.29 is 10.2 Å². The molecule has 2 N–H and O–H groups in total. The van der Waals surface area contributed by atoms with Gasteiger partial charge in [-0.15, -0.1) is 0 Å². The minimum Gasteiger partial charge on any atom is -0.393 e. The predicted octanol–water partition coefficient (Wildman–Crippen LogP) is 8.64. The summed E-state index contributed by atoms with van der Waals surface area (Å²) in [6.07, 6.45) is 14.1. The van der Waals surface area contributed by atoms with E-state index in [0.29, 0.717) is 34.5 Å². The van der Waals surface area contributed by atoms with E-state index >= 15 is 0 Å². The molecule has 7 atom stereocenters. The zero-order valence-electron chi connectivity index (χ0n) is 23.9. The van der Waals surface area contributed by atoms with E-state index in [9.17, 15) is 10.2 Å². The second-order valence-electron chi connectivity index (χ2n) is 15.5. The molecule has 196 valence electrons. The fourth-order valence-electron chi connectivity index (χ4n) is 6.83. The van der Waals surface area contributed by atoms with Gasteiger partial charge in [-0.25, -0.2) is 0 Å². The van der Waals surface area contributed by atoms with Gasteiger partial charge in [-0.2, -0.15) is 0 Å². The van der Waals surface area contributed by atoms with Crippen molar-refractivity contribution in [1.29, 1.82) is 0 Å². The quantitative estimate of drug-likeness (QED) is 0.358. The van der Waals surface area contributed by atoms with Gasteiger partial charge in [-0.1, -0.05) is 62.3 Å². The van der Waals surface area contributed by atoms with Crippen molar-refractivity contribution in [3.63, 3.8) is 0 Å². The Hall–Kier alpha value is -0.0800. The fraction of sp³-hybridized carbons (Fsp3) is 1.00. The molecule has 0 spiro atoms. The normalized spacial score (nSPS) is 33.2. The third-order valence-electron chi connectivity index (χ3n) is 9.48. The summed E-state index contributed by atoms with van der Waals surface area (Å²) in [7, 11) is 0. The van der Waals surface area contributed by atoms with Crippen molar-refractivity contribution in [2.24, 2.45) is 45.8 Å². The van der Waals surface area contributed by atoms with Crippen LogP contribution in [0.25, 0.3) is 0 Å². The lowest BCUT2D eigenvalue weighted by Gasteiger charge is -2.44. The molecule has 2 saturated carbocycles. The Labute approximate surface area is 207 Å². The summed E-state index contributed by atoms with van der Waals surface area (Å²) in [6, 6.07) is 0. The summed E-state index contributed by atoms with van der Waals surface area (Å²) in [5.74, 6) is 2.94. The van der Waals surface area contributed by atoms with Gasteiger partial charge in [-0.05, 0) is 123 Å². The van der Waals surface area contributed by atoms with Crippen molar-refractivity contribution in [3.8, 4) is 0 Å². The number of aliphatic hydroxyl groups is 2. The highest BCUT2D eigenvalue weighted by Crippen LogP contribution is 2.46. The molecule has 0 aromatic rings. The highest BCUT2D eigenvalue weighted by Gasteiger charge is 2.40. The highest BCUT2D eigenvalue weighted by molar-refractivity contribution is 4.91. The van der Waals surface area contributed by atoms with E-state index in [2.05, 4.69) is 62.3 Å². The maximum atomic E-state index is 11.1. The van der Waals surface area contributed by atoms with Crippen molar-refractivity contribution in [3.05, 3.63) is 0 Å². The molecule has 0 bridgehead atoms. The fourth-order valence-corrected chi connectivity index (χ4v) is 6.83. The first-order valence-corrected chi connectivity index (χ1v) is 14.4. The van der Waals surface area contributed by atoms with Crippen LogP contribution >= 0.6 is 0 Å². The second-order valence-corrected chi connectivity index (χ2v) is 15.5. The third-order valence-corrected chi connectivity index (χ3v) is 9.48. The van der Waals surface area contributed by atoms with Crippen LogP contribution in [-0.2, 0) is 0 Å². The first-order valence-electron chi connectivity index (χ1n) is 14.4. The van der Waals surface area contributed by atoms with Crippen LogP contribution in [-0.4, -0.2) is 22.4 Å². The summed E-state index contributed by atoms with van der Waals surface area (Å²) in [6.45, 7) is 21.2. The van der Waals surface area contributed by atoms with Crippen molar-refractivity contribution in [2.75, 3.05) is 0 Å². The van der Waals surface area contributed by atoms with Crippen LogP contribution in [0.1, 0.15) is 139 Å². The summed E-state index contributed by atoms with van der Waals surface area (Å²) >= 11 is 0. The lowest BCUT2D eigenvalue weighted by atomic mass is 9.63. The molecule has 0 aromatic carbocycles. The number of hydrogen-bond donors (Lipinski definition) is 2. The Bertz CT molecular complexity index is 566. The van der Waals surface area contributed by atoms with Crippen molar-refractivity contribution >= 4 is 0 Å². The van der Waals surface area contributed by atoms with Crippen LogP contribution in [0, 0.1) is 45.8 Å². The smallest absolute Gasteiger partial charge is 0.0576 e. The maximum absolute atomic E-state index is 11.1. The van der Waals surface area contributed by atoms with Crippen molar-refractivity contribution in [2.45, 2.75) is 152 Å². The Morgan fingerprint density at radius 2 is 1.18 bits per heavy atom. The first-order chi connectivity index (χ1) is 15.1. The van der Waals surface area contributed by atoms with Crippen LogP contribution in [0.15, 0.2) is 0 Å². The van der Waals surface area contributed by atoms with Crippen molar-refractivity contribution in [1.82, 2.24) is 0 Å². The molecule has 2 fully saturated rings. The molecule has 0 aromatic heterocycles. The average Bonchev–Trinajstić information content (AvgIpc) is 2.68. The van der Waals surface area contributed by atoms with Crippen LogP contribution in [0.4, 0.5) is 0 Å². The summed E-state index contributed by atoms with van der Waals surface area (Å²) in [4.78, 5) is 0. The minimum absolute atomic E-state index is 0.113. The van der Waals surface area contributed by atoms with Crippen LogP contribution in [0.5, 0.6) is 0 Å². The molecule has 0 amide bonds. The minimum atomic E-state index is -0.143. The molecular formula is C31H60O2. The molecule has 2 aliphatic rings. The van der Waals surface area contributed by atoms with E-state index in [0.717, 1.165) is 18.8 Å². The molecular weight excluding hydrogens is 404 g/mol. The standard InChI is InChI=1S/C31H60O2/c1-22(25-20-23(11-13-27(25)32)15-17-29(2,3)4)14-19-31(8,9)26-12-10-24(21-28(26)33)16-18-30(5,6)7/h22-28,32-33H,10-21H2,1-9H3. The molecule has 0 aliphatic heterocycles. The van der Waals surface area contributed by atoms with E-state index in [-0.39, 0.29) is 17.6 Å². The molecule has 2 heteroatoms. The zero-order valence-corrected chi connectivity index (χ0v) is 23.9. The molecule has 7 unspecified atom stereocenters. The average molecular weight is 465 g/mol. The van der Waals surface area contributed by atoms with Crippen LogP contribution in [0.3, 0.4) is 0 Å². The second kappa shape index (κ2) is 11.8. The van der Waals surface area contributed by atoms with E-state index in [4.69, 9.17) is 0 Å². The zero-order chi connectivity index (χ0) is 25.0. The van der Waals surface area contributed by atoms with Gasteiger partial charge >= 0.3 is 0 Å². The summed E-state index contributed by atoms with van der Waals surface area (Å²) < 4.78 is 0. The van der Waals surface area contributed by atoms with Crippen LogP contribution in [0.2, 0.25) is 0 Å². The largest absolute Gasteiger partial charge is 0.393 e. The molecule has 0 radical (unpaired) electrons. The highest BCUT2D eigenvalue weighted by atomic mass is 16.3. The van der Waals surface area contributed by atoms with E-state index in [1.807, 2.05) is 0 Å². The monoisotopic (exact) mass is 464 g/mol. The Morgan fingerprint density at radius 1 is 0.667 bits per heavy atom. The Morgan fingerprint density at radius 3 is 1.70 bits per heavy atom. The van der Waals surface area contributed by atoms with Gasteiger partial charge in [0.05, 0.1) is 12.2 Å². The Kier molecular flexibility index (Phi) is 10.4. The molecule has 0 heterocycles. The molecule has 2 rings (SSSR count). The van der Waals surface area contributed by atoms with Crippen LogP contribution < -0.4 is 0 Å². The van der Waals surface area contributed by atoms with Gasteiger partial charge < -0.3 is 10.2 Å². The van der Waals surface area contributed by atoms with Gasteiger partial charge in [-0.3, -0.25) is 0 Å². The lowest BCUT2D eigenvalue weighted by Crippen LogP contribution is -2.40. The summed E-state index contributed by atoms with van der Waals surface area (Å²) in [5.41, 5.74) is 0.981. The third kappa shape index (κ3) is 9.83. The van der Waals surface area contributed by atoms with E-state index < -0.39 is 0 Å². The number of rotatable bonds is 9. The summed E-state index contributed by atoms with van der Waals surface area (Å²) in [5, 5.41) is 21.9. The topological polar surface area (TPSA) is 40.5 Å².